The predicted molar refractivity (Wildman–Crippen MR) is 73.7 cm³/mol. The number of hydrogen-bond donors (Lipinski definition) is 1. The monoisotopic (exact) mass is 287 g/mol. The van der Waals surface area contributed by atoms with Crippen LogP contribution in [0.5, 0.6) is 5.75 Å². The Morgan fingerprint density at radius 1 is 1.26 bits per heavy atom. The van der Waals surface area contributed by atoms with Gasteiger partial charge in [-0.3, -0.25) is 0 Å². The third-order valence-corrected chi connectivity index (χ3v) is 3.27. The molecule has 6 heteroatoms. The Balaban J connectivity index is 2.64. The Kier molecular flexibility index (Phi) is 5.78. The minimum absolute atomic E-state index is 0.0105. The summed E-state index contributed by atoms with van der Waals surface area (Å²) in [4.78, 5) is 0.0105. The van der Waals surface area contributed by atoms with Gasteiger partial charge < -0.3 is 9.47 Å². The van der Waals surface area contributed by atoms with Crippen molar-refractivity contribution in [2.45, 2.75) is 25.7 Å². The number of primary sulfonamides is 1. The van der Waals surface area contributed by atoms with E-state index < -0.39 is 10.0 Å². The van der Waals surface area contributed by atoms with E-state index in [-0.39, 0.29) is 17.3 Å². The van der Waals surface area contributed by atoms with Gasteiger partial charge in [-0.05, 0) is 30.5 Å². The summed E-state index contributed by atoms with van der Waals surface area (Å²) in [5.41, 5.74) is 0.812. The molecule has 2 N–H and O–H groups in total. The Hall–Kier alpha value is -1.11. The summed E-state index contributed by atoms with van der Waals surface area (Å²) < 4.78 is 33.7. The van der Waals surface area contributed by atoms with Crippen molar-refractivity contribution in [1.82, 2.24) is 0 Å². The molecule has 0 bridgehead atoms. The minimum Gasteiger partial charge on any atom is -0.490 e. The van der Waals surface area contributed by atoms with Crippen molar-refractivity contribution in [2.75, 3.05) is 19.8 Å². The third kappa shape index (κ3) is 5.59. The molecule has 1 rings (SSSR count). The van der Waals surface area contributed by atoms with Gasteiger partial charge in [-0.15, -0.1) is 0 Å². The lowest BCUT2D eigenvalue weighted by Gasteiger charge is -2.12. The van der Waals surface area contributed by atoms with Gasteiger partial charge in [0.15, 0.2) is 0 Å². The van der Waals surface area contributed by atoms with Crippen LogP contribution < -0.4 is 9.88 Å². The van der Waals surface area contributed by atoms with Crippen LogP contribution in [0.3, 0.4) is 0 Å². The molecule has 0 aromatic heterocycles. The molecule has 0 unspecified atom stereocenters. The van der Waals surface area contributed by atoms with E-state index >= 15 is 0 Å². The molecular formula is C13H21NO4S. The number of hydrogen-bond acceptors (Lipinski definition) is 4. The van der Waals surface area contributed by atoms with Crippen LogP contribution in [-0.2, 0) is 14.8 Å². The van der Waals surface area contributed by atoms with Crippen LogP contribution in [-0.4, -0.2) is 28.2 Å². The highest BCUT2D eigenvalue weighted by Gasteiger charge is 2.15. The predicted octanol–water partition coefficient (Wildman–Crippen LogP) is 1.69. The number of rotatable bonds is 7. The maximum absolute atomic E-state index is 11.5. The van der Waals surface area contributed by atoms with Crippen LogP contribution in [0.15, 0.2) is 23.1 Å². The summed E-state index contributed by atoms with van der Waals surface area (Å²) in [6, 6.07) is 4.89. The summed E-state index contributed by atoms with van der Waals surface area (Å²) in [7, 11) is -3.78. The van der Waals surface area contributed by atoms with Crippen LogP contribution in [0, 0.1) is 12.8 Å². The lowest BCUT2D eigenvalue weighted by atomic mass is 10.2. The molecule has 5 nitrogen and oxygen atoms in total. The largest absolute Gasteiger partial charge is 0.490 e. The van der Waals surface area contributed by atoms with Gasteiger partial charge in [-0.25, -0.2) is 13.6 Å². The van der Waals surface area contributed by atoms with Gasteiger partial charge in [-0.1, -0.05) is 19.9 Å². The van der Waals surface area contributed by atoms with Crippen LogP contribution >= 0.6 is 0 Å². The van der Waals surface area contributed by atoms with E-state index in [0.717, 1.165) is 5.56 Å². The highest BCUT2D eigenvalue weighted by Crippen LogP contribution is 2.23. The minimum atomic E-state index is -3.78. The second-order valence-electron chi connectivity index (χ2n) is 4.81. The first kappa shape index (κ1) is 15.9. The van der Waals surface area contributed by atoms with E-state index in [1.54, 1.807) is 19.1 Å². The van der Waals surface area contributed by atoms with Gasteiger partial charge in [0.1, 0.15) is 17.3 Å². The van der Waals surface area contributed by atoms with E-state index in [2.05, 4.69) is 13.8 Å². The molecule has 108 valence electrons. The molecule has 1 aromatic carbocycles. The van der Waals surface area contributed by atoms with E-state index in [0.29, 0.717) is 19.1 Å². The molecule has 19 heavy (non-hydrogen) atoms. The zero-order chi connectivity index (χ0) is 14.5. The SMILES string of the molecule is Cc1ccc(OCCOCC(C)C)c(S(N)(=O)=O)c1. The molecule has 0 atom stereocenters. The van der Waals surface area contributed by atoms with Crippen molar-refractivity contribution in [1.29, 1.82) is 0 Å². The number of sulfonamides is 1. The highest BCUT2D eigenvalue weighted by atomic mass is 32.2. The zero-order valence-electron chi connectivity index (χ0n) is 11.5. The number of aryl methyl sites for hydroxylation is 1. The molecule has 0 saturated heterocycles. The van der Waals surface area contributed by atoms with Gasteiger partial charge in [-0.2, -0.15) is 0 Å². The van der Waals surface area contributed by atoms with Gasteiger partial charge in [0.25, 0.3) is 0 Å². The Bertz CT molecular complexity index is 511. The average molecular weight is 287 g/mol. The molecule has 0 radical (unpaired) electrons. The van der Waals surface area contributed by atoms with Crippen LogP contribution in [0.4, 0.5) is 0 Å². The first-order valence-corrected chi connectivity index (χ1v) is 7.69. The van der Waals surface area contributed by atoms with Crippen molar-refractivity contribution in [3.05, 3.63) is 23.8 Å². The zero-order valence-corrected chi connectivity index (χ0v) is 12.4. The molecule has 1 aromatic rings. The van der Waals surface area contributed by atoms with Gasteiger partial charge in [0.05, 0.1) is 6.61 Å². The summed E-state index contributed by atoms with van der Waals surface area (Å²) >= 11 is 0. The van der Waals surface area contributed by atoms with Crippen molar-refractivity contribution >= 4 is 10.0 Å². The molecule has 0 fully saturated rings. The van der Waals surface area contributed by atoms with Crippen LogP contribution in [0.25, 0.3) is 0 Å². The summed E-state index contributed by atoms with van der Waals surface area (Å²) in [6.45, 7) is 7.26. The molecule has 0 aliphatic carbocycles. The van der Waals surface area contributed by atoms with E-state index in [4.69, 9.17) is 14.6 Å². The highest BCUT2D eigenvalue weighted by molar-refractivity contribution is 7.89. The van der Waals surface area contributed by atoms with Gasteiger partial charge >= 0.3 is 0 Å². The Morgan fingerprint density at radius 3 is 2.53 bits per heavy atom. The fraction of sp³-hybridized carbons (Fsp3) is 0.538. The number of nitrogens with two attached hydrogens (primary N) is 1. The first-order chi connectivity index (χ1) is 8.80. The first-order valence-electron chi connectivity index (χ1n) is 6.14. The van der Waals surface area contributed by atoms with Crippen molar-refractivity contribution in [2.24, 2.45) is 11.1 Å². The maximum atomic E-state index is 11.5. The maximum Gasteiger partial charge on any atom is 0.241 e. The molecular weight excluding hydrogens is 266 g/mol. The summed E-state index contributed by atoms with van der Waals surface area (Å²) in [5, 5.41) is 5.16. The second-order valence-corrected chi connectivity index (χ2v) is 6.34. The molecule has 0 aliphatic heterocycles. The standard InChI is InChI=1S/C13H21NO4S/c1-10(2)9-17-6-7-18-12-5-4-11(3)8-13(12)19(14,15)16/h4-5,8,10H,6-7,9H2,1-3H3,(H2,14,15,16). The molecule has 0 amide bonds. The van der Waals surface area contributed by atoms with Crippen molar-refractivity contribution < 1.29 is 17.9 Å². The van der Waals surface area contributed by atoms with Crippen LogP contribution in [0.1, 0.15) is 19.4 Å². The van der Waals surface area contributed by atoms with Crippen molar-refractivity contribution in [3.8, 4) is 5.75 Å². The summed E-state index contributed by atoms with van der Waals surface area (Å²) in [5.74, 6) is 0.723. The fourth-order valence-corrected chi connectivity index (χ4v) is 2.24. The van der Waals surface area contributed by atoms with E-state index in [9.17, 15) is 8.42 Å². The average Bonchev–Trinajstić information content (AvgIpc) is 2.28. The Morgan fingerprint density at radius 2 is 1.95 bits per heavy atom. The second kappa shape index (κ2) is 6.88. The molecule has 0 aliphatic rings. The lowest BCUT2D eigenvalue weighted by Crippen LogP contribution is -2.16. The third-order valence-electron chi connectivity index (χ3n) is 2.34. The quantitative estimate of drug-likeness (QED) is 0.774. The van der Waals surface area contributed by atoms with Gasteiger partial charge in [0, 0.05) is 6.61 Å². The van der Waals surface area contributed by atoms with Crippen molar-refractivity contribution in [3.63, 3.8) is 0 Å². The molecule has 0 spiro atoms. The normalized spacial score (nSPS) is 11.8. The van der Waals surface area contributed by atoms with E-state index in [1.165, 1.54) is 6.07 Å². The molecule has 0 saturated carbocycles. The van der Waals surface area contributed by atoms with E-state index in [1.807, 2.05) is 0 Å². The topological polar surface area (TPSA) is 78.6 Å². The Labute approximate surface area is 114 Å². The van der Waals surface area contributed by atoms with Gasteiger partial charge in [0.2, 0.25) is 10.0 Å². The molecule has 0 heterocycles. The lowest BCUT2D eigenvalue weighted by molar-refractivity contribution is 0.0811. The smallest absolute Gasteiger partial charge is 0.241 e. The number of ether oxygens (including phenoxy) is 2. The summed E-state index contributed by atoms with van der Waals surface area (Å²) in [6.07, 6.45) is 0. The fourth-order valence-electron chi connectivity index (χ4n) is 1.49. The number of benzene rings is 1. The van der Waals surface area contributed by atoms with Crippen LogP contribution in [0.2, 0.25) is 0 Å².